The van der Waals surface area contributed by atoms with Gasteiger partial charge in [0.15, 0.2) is 0 Å². The van der Waals surface area contributed by atoms with Gasteiger partial charge in [-0.05, 0) is 92.2 Å². The first-order chi connectivity index (χ1) is 26.8. The number of hydrogen-bond acceptors (Lipinski definition) is 2. The Balaban J connectivity index is 1.10. The van der Waals surface area contributed by atoms with Crippen molar-refractivity contribution in [1.82, 2.24) is 0 Å². The number of anilines is 3. The Labute approximate surface area is 319 Å². The van der Waals surface area contributed by atoms with Crippen molar-refractivity contribution in [2.45, 2.75) is 0 Å². The van der Waals surface area contributed by atoms with E-state index in [1.54, 1.807) is 0 Å². The van der Waals surface area contributed by atoms with Gasteiger partial charge in [-0.2, -0.15) is 0 Å². The van der Waals surface area contributed by atoms with E-state index in [2.05, 4.69) is 217 Å². The molecule has 10 rings (SSSR count). The number of para-hydroxylation sites is 1. The molecule has 0 aliphatic carbocycles. The van der Waals surface area contributed by atoms with Crippen molar-refractivity contribution in [1.29, 1.82) is 0 Å². The van der Waals surface area contributed by atoms with Crippen molar-refractivity contribution >= 4 is 59.3 Å². The Morgan fingerprint density at radius 1 is 0.315 bits per heavy atom. The van der Waals surface area contributed by atoms with Crippen LogP contribution < -0.4 is 4.90 Å². The van der Waals surface area contributed by atoms with Crippen LogP contribution in [-0.2, 0) is 0 Å². The van der Waals surface area contributed by atoms with Gasteiger partial charge in [0, 0.05) is 37.1 Å². The van der Waals surface area contributed by atoms with Gasteiger partial charge in [0.2, 0.25) is 0 Å². The zero-order valence-corrected chi connectivity index (χ0v) is 30.4. The number of thiophene rings is 1. The lowest BCUT2D eigenvalue weighted by Gasteiger charge is -2.28. The van der Waals surface area contributed by atoms with E-state index in [0.717, 1.165) is 17.1 Å². The van der Waals surface area contributed by atoms with Gasteiger partial charge < -0.3 is 4.90 Å². The lowest BCUT2D eigenvalue weighted by atomic mass is 9.95. The highest BCUT2D eigenvalue weighted by Gasteiger charge is 2.19. The second kappa shape index (κ2) is 13.7. The third kappa shape index (κ3) is 5.74. The lowest BCUT2D eigenvalue weighted by molar-refractivity contribution is 1.28. The number of nitrogens with zero attached hydrogens (tertiary/aromatic N) is 1. The molecule has 0 fully saturated rings. The zero-order valence-electron chi connectivity index (χ0n) is 29.6. The predicted octanol–water partition coefficient (Wildman–Crippen LogP) is 15.3. The van der Waals surface area contributed by atoms with Crippen LogP contribution in [-0.4, -0.2) is 0 Å². The quantitative estimate of drug-likeness (QED) is 0.160. The Morgan fingerprint density at radius 3 is 1.63 bits per heavy atom. The molecule has 0 N–H and O–H groups in total. The Hall–Kier alpha value is -6.74. The summed E-state index contributed by atoms with van der Waals surface area (Å²) >= 11 is 1.88. The maximum atomic E-state index is 2.41. The molecule has 2 heteroatoms. The molecule has 0 atom stereocenters. The normalized spacial score (nSPS) is 11.3. The molecule has 10 aromatic rings. The molecular formula is C52H35NS. The average molecular weight is 706 g/mol. The highest BCUT2D eigenvalue weighted by Crippen LogP contribution is 2.45. The fourth-order valence-corrected chi connectivity index (χ4v) is 9.10. The van der Waals surface area contributed by atoms with Crippen molar-refractivity contribution in [2.24, 2.45) is 0 Å². The molecule has 1 heterocycles. The summed E-state index contributed by atoms with van der Waals surface area (Å²) in [5.74, 6) is 0. The molecule has 0 amide bonds. The van der Waals surface area contributed by atoms with Gasteiger partial charge in [-0.1, -0.05) is 170 Å². The molecule has 0 aliphatic rings. The van der Waals surface area contributed by atoms with Crippen LogP contribution in [0.5, 0.6) is 0 Å². The van der Waals surface area contributed by atoms with Crippen molar-refractivity contribution in [3.8, 4) is 44.5 Å². The fraction of sp³-hybridized carbons (Fsp3) is 0. The number of fused-ring (bicyclic) bond motifs is 4. The minimum Gasteiger partial charge on any atom is -0.310 e. The van der Waals surface area contributed by atoms with Gasteiger partial charge in [0.25, 0.3) is 0 Å². The molecular weight excluding hydrogens is 671 g/mol. The summed E-state index contributed by atoms with van der Waals surface area (Å²) in [5, 5.41) is 5.12. The van der Waals surface area contributed by atoms with Gasteiger partial charge in [-0.3, -0.25) is 0 Å². The highest BCUT2D eigenvalue weighted by atomic mass is 32.1. The minimum absolute atomic E-state index is 1.10. The van der Waals surface area contributed by atoms with Crippen LogP contribution in [0.4, 0.5) is 17.1 Å². The first kappa shape index (κ1) is 32.0. The first-order valence-electron chi connectivity index (χ1n) is 18.4. The van der Waals surface area contributed by atoms with Crippen LogP contribution in [0.15, 0.2) is 212 Å². The third-order valence-electron chi connectivity index (χ3n) is 10.5. The molecule has 1 aromatic heterocycles. The van der Waals surface area contributed by atoms with E-state index in [1.807, 2.05) is 11.3 Å². The number of hydrogen-bond donors (Lipinski definition) is 0. The molecule has 0 radical (unpaired) electrons. The summed E-state index contributed by atoms with van der Waals surface area (Å²) in [4.78, 5) is 2.41. The molecule has 254 valence electrons. The van der Waals surface area contributed by atoms with E-state index in [9.17, 15) is 0 Å². The summed E-state index contributed by atoms with van der Waals surface area (Å²) in [6, 6.07) is 77.1. The first-order valence-corrected chi connectivity index (χ1v) is 19.2. The molecule has 0 spiro atoms. The van der Waals surface area contributed by atoms with E-state index in [0.29, 0.717) is 0 Å². The minimum atomic E-state index is 1.10. The Morgan fingerprint density at radius 2 is 0.833 bits per heavy atom. The third-order valence-corrected chi connectivity index (χ3v) is 11.7. The van der Waals surface area contributed by atoms with E-state index >= 15 is 0 Å². The molecule has 0 unspecified atom stereocenters. The molecule has 0 saturated carbocycles. The van der Waals surface area contributed by atoms with Gasteiger partial charge in [-0.25, -0.2) is 0 Å². The van der Waals surface area contributed by atoms with Gasteiger partial charge >= 0.3 is 0 Å². The second-order valence-electron chi connectivity index (χ2n) is 13.7. The van der Waals surface area contributed by atoms with Crippen molar-refractivity contribution in [3.05, 3.63) is 212 Å². The molecule has 0 saturated heterocycles. The van der Waals surface area contributed by atoms with Crippen LogP contribution in [0.2, 0.25) is 0 Å². The van der Waals surface area contributed by atoms with E-state index in [1.165, 1.54) is 75.5 Å². The second-order valence-corrected chi connectivity index (χ2v) is 14.8. The van der Waals surface area contributed by atoms with Gasteiger partial charge in [-0.15, -0.1) is 11.3 Å². The summed E-state index contributed by atoms with van der Waals surface area (Å²) in [5.41, 5.74) is 13.1. The van der Waals surface area contributed by atoms with Crippen molar-refractivity contribution in [3.63, 3.8) is 0 Å². The SMILES string of the molecule is c1ccc(-c2cccc(-c3ccc(N(c4ccc(-c5cccc6c5sc5ccccc56)cc4)c4ccccc4-c4cccc5ccccc45)cc3)c2)cc1. The zero-order chi connectivity index (χ0) is 35.8. The number of rotatable bonds is 7. The van der Waals surface area contributed by atoms with Gasteiger partial charge in [0.1, 0.15) is 0 Å². The van der Waals surface area contributed by atoms with Gasteiger partial charge in [0.05, 0.1) is 5.69 Å². The molecule has 0 bridgehead atoms. The summed E-state index contributed by atoms with van der Waals surface area (Å²) < 4.78 is 2.65. The Bertz CT molecular complexity index is 2920. The fourth-order valence-electron chi connectivity index (χ4n) is 7.86. The average Bonchev–Trinajstić information content (AvgIpc) is 3.64. The molecule has 54 heavy (non-hydrogen) atoms. The van der Waals surface area contributed by atoms with Crippen molar-refractivity contribution < 1.29 is 0 Å². The van der Waals surface area contributed by atoms with Crippen LogP contribution in [0.3, 0.4) is 0 Å². The number of benzene rings is 9. The van der Waals surface area contributed by atoms with Crippen LogP contribution in [0.25, 0.3) is 75.5 Å². The summed E-state index contributed by atoms with van der Waals surface area (Å²) in [6.45, 7) is 0. The Kier molecular flexibility index (Phi) is 8.09. The maximum absolute atomic E-state index is 2.41. The molecule has 1 nitrogen and oxygen atoms in total. The predicted molar refractivity (Wildman–Crippen MR) is 233 cm³/mol. The monoisotopic (exact) mass is 705 g/mol. The smallest absolute Gasteiger partial charge is 0.0540 e. The van der Waals surface area contributed by atoms with Crippen molar-refractivity contribution in [2.75, 3.05) is 4.90 Å². The lowest BCUT2D eigenvalue weighted by Crippen LogP contribution is -2.11. The maximum Gasteiger partial charge on any atom is 0.0540 e. The summed E-state index contributed by atoms with van der Waals surface area (Å²) in [7, 11) is 0. The summed E-state index contributed by atoms with van der Waals surface area (Å²) in [6.07, 6.45) is 0. The topological polar surface area (TPSA) is 3.24 Å². The largest absolute Gasteiger partial charge is 0.310 e. The van der Waals surface area contributed by atoms with E-state index < -0.39 is 0 Å². The van der Waals surface area contributed by atoms with Crippen LogP contribution in [0.1, 0.15) is 0 Å². The van der Waals surface area contributed by atoms with E-state index in [4.69, 9.17) is 0 Å². The standard InChI is InChI=1S/C52H35NS/c1-2-13-36(14-3-1)40-17-10-18-41(35-40)37-27-31-42(32-28-37)53(50-25-8-6-20-47(50)46-23-11-16-38-15-4-5-19-44(38)46)43-33-29-39(30-34-43)45-22-12-24-49-48-21-7-9-26-51(48)54-52(45)49/h1-35H. The molecule has 0 aliphatic heterocycles. The highest BCUT2D eigenvalue weighted by molar-refractivity contribution is 7.26. The van der Waals surface area contributed by atoms with Crippen LogP contribution in [0, 0.1) is 0 Å². The molecule has 9 aromatic carbocycles. The van der Waals surface area contributed by atoms with Crippen LogP contribution >= 0.6 is 11.3 Å². The van der Waals surface area contributed by atoms with E-state index in [-0.39, 0.29) is 0 Å².